The second-order valence-electron chi connectivity index (χ2n) is 4.61. The quantitative estimate of drug-likeness (QED) is 0.674. The van der Waals surface area contributed by atoms with Crippen molar-refractivity contribution < 1.29 is 5.11 Å². The van der Waals surface area contributed by atoms with Gasteiger partial charge in [0.2, 0.25) is 0 Å². The van der Waals surface area contributed by atoms with E-state index in [1.54, 1.807) is 0 Å². The Morgan fingerprint density at radius 1 is 1.21 bits per heavy atom. The first-order valence-electron chi connectivity index (χ1n) is 5.93. The summed E-state index contributed by atoms with van der Waals surface area (Å²) in [6.07, 6.45) is 12.1. The van der Waals surface area contributed by atoms with Crippen LogP contribution >= 0.6 is 0 Å². The zero-order valence-electron chi connectivity index (χ0n) is 8.78. The smallest absolute Gasteiger partial charge is 0.0474 e. The number of aliphatic hydroxyl groups excluding tert-OH is 1. The highest BCUT2D eigenvalue weighted by molar-refractivity contribution is 4.99. The highest BCUT2D eigenvalue weighted by Crippen LogP contribution is 2.26. The molecule has 2 aliphatic rings. The summed E-state index contributed by atoms with van der Waals surface area (Å²) in [4.78, 5) is 0. The first-order valence-corrected chi connectivity index (χ1v) is 5.93. The van der Waals surface area contributed by atoms with E-state index >= 15 is 0 Å². The van der Waals surface area contributed by atoms with E-state index < -0.39 is 0 Å². The topological polar surface area (TPSA) is 32.3 Å². The molecule has 2 heteroatoms. The van der Waals surface area contributed by atoms with Gasteiger partial charge in [0.25, 0.3) is 0 Å². The fourth-order valence-corrected chi connectivity index (χ4v) is 2.70. The molecular weight excluding hydrogens is 174 g/mol. The Labute approximate surface area is 86.4 Å². The average Bonchev–Trinajstić information content (AvgIpc) is 2.67. The van der Waals surface area contributed by atoms with Gasteiger partial charge in [0.15, 0.2) is 0 Å². The Hall–Kier alpha value is -0.340. The second-order valence-corrected chi connectivity index (χ2v) is 4.61. The van der Waals surface area contributed by atoms with E-state index in [2.05, 4.69) is 17.5 Å². The third kappa shape index (κ3) is 2.37. The summed E-state index contributed by atoms with van der Waals surface area (Å²) in [6.45, 7) is 0.355. The van der Waals surface area contributed by atoms with Crippen LogP contribution in [-0.4, -0.2) is 23.8 Å². The molecule has 80 valence electrons. The summed E-state index contributed by atoms with van der Waals surface area (Å²) in [7, 11) is 0. The molecule has 3 atom stereocenters. The molecule has 0 heterocycles. The molecule has 2 aliphatic carbocycles. The first-order chi connectivity index (χ1) is 6.90. The van der Waals surface area contributed by atoms with Crippen molar-refractivity contribution in [2.75, 3.05) is 6.61 Å². The van der Waals surface area contributed by atoms with E-state index in [-0.39, 0.29) is 0 Å². The molecule has 0 aromatic heterocycles. The molecule has 0 bridgehead atoms. The van der Waals surface area contributed by atoms with Gasteiger partial charge in [-0.3, -0.25) is 0 Å². The minimum absolute atomic E-state index is 0.355. The Bertz CT molecular complexity index is 202. The highest BCUT2D eigenvalue weighted by atomic mass is 16.3. The fraction of sp³-hybridized carbons (Fsp3) is 0.833. The largest absolute Gasteiger partial charge is 0.396 e. The maximum Gasteiger partial charge on any atom is 0.0474 e. The molecule has 0 aliphatic heterocycles. The van der Waals surface area contributed by atoms with Gasteiger partial charge >= 0.3 is 0 Å². The Kier molecular flexibility index (Phi) is 3.60. The summed E-state index contributed by atoms with van der Waals surface area (Å²) in [5.74, 6) is 0.505. The third-order valence-corrected chi connectivity index (χ3v) is 3.58. The van der Waals surface area contributed by atoms with E-state index in [4.69, 9.17) is 0 Å². The number of rotatable bonds is 3. The SMILES string of the molecule is OCC1CCCC1NC1C=CCCC1. The van der Waals surface area contributed by atoms with Gasteiger partial charge in [-0.25, -0.2) is 0 Å². The van der Waals surface area contributed by atoms with Crippen LogP contribution in [0, 0.1) is 5.92 Å². The van der Waals surface area contributed by atoms with Gasteiger partial charge in [-0.1, -0.05) is 18.6 Å². The Morgan fingerprint density at radius 3 is 2.86 bits per heavy atom. The lowest BCUT2D eigenvalue weighted by atomic mass is 9.99. The monoisotopic (exact) mass is 195 g/mol. The van der Waals surface area contributed by atoms with Gasteiger partial charge in [-0.15, -0.1) is 0 Å². The predicted molar refractivity (Wildman–Crippen MR) is 58.1 cm³/mol. The van der Waals surface area contributed by atoms with Gasteiger partial charge in [-0.05, 0) is 38.0 Å². The molecule has 1 fully saturated rings. The molecule has 0 aromatic carbocycles. The van der Waals surface area contributed by atoms with Crippen molar-refractivity contribution >= 4 is 0 Å². The average molecular weight is 195 g/mol. The minimum atomic E-state index is 0.355. The van der Waals surface area contributed by atoms with Crippen LogP contribution in [0.5, 0.6) is 0 Å². The summed E-state index contributed by atoms with van der Waals surface area (Å²) in [5.41, 5.74) is 0. The summed E-state index contributed by atoms with van der Waals surface area (Å²) in [5, 5.41) is 12.9. The molecular formula is C12H21NO. The van der Waals surface area contributed by atoms with Crippen molar-refractivity contribution in [3.05, 3.63) is 12.2 Å². The molecule has 0 amide bonds. The predicted octanol–water partition coefficient (Wildman–Crippen LogP) is 1.85. The van der Waals surface area contributed by atoms with Crippen molar-refractivity contribution in [2.45, 2.75) is 50.6 Å². The second kappa shape index (κ2) is 4.94. The van der Waals surface area contributed by atoms with Crippen LogP contribution in [0.3, 0.4) is 0 Å². The molecule has 2 nitrogen and oxygen atoms in total. The molecule has 0 saturated heterocycles. The van der Waals surface area contributed by atoms with E-state index in [0.29, 0.717) is 24.6 Å². The van der Waals surface area contributed by atoms with Gasteiger partial charge in [0, 0.05) is 18.7 Å². The summed E-state index contributed by atoms with van der Waals surface area (Å²) in [6, 6.07) is 1.13. The molecule has 2 rings (SSSR count). The zero-order chi connectivity index (χ0) is 9.80. The zero-order valence-corrected chi connectivity index (χ0v) is 8.78. The summed E-state index contributed by atoms with van der Waals surface area (Å²) < 4.78 is 0. The van der Waals surface area contributed by atoms with Crippen LogP contribution in [0.15, 0.2) is 12.2 Å². The maximum absolute atomic E-state index is 9.21. The minimum Gasteiger partial charge on any atom is -0.396 e. The van der Waals surface area contributed by atoms with E-state index in [1.807, 2.05) is 0 Å². The number of hydrogen-bond donors (Lipinski definition) is 2. The molecule has 0 radical (unpaired) electrons. The third-order valence-electron chi connectivity index (χ3n) is 3.58. The lowest BCUT2D eigenvalue weighted by molar-refractivity contribution is 0.201. The van der Waals surface area contributed by atoms with Crippen LogP contribution < -0.4 is 5.32 Å². The number of aliphatic hydroxyl groups is 1. The van der Waals surface area contributed by atoms with E-state index in [0.717, 1.165) is 0 Å². The fourth-order valence-electron chi connectivity index (χ4n) is 2.70. The van der Waals surface area contributed by atoms with Crippen molar-refractivity contribution in [2.24, 2.45) is 5.92 Å². The van der Waals surface area contributed by atoms with E-state index in [1.165, 1.54) is 38.5 Å². The van der Waals surface area contributed by atoms with Crippen molar-refractivity contribution in [1.82, 2.24) is 5.32 Å². The number of allylic oxidation sites excluding steroid dienone is 1. The van der Waals surface area contributed by atoms with Gasteiger partial charge in [0.1, 0.15) is 0 Å². The summed E-state index contributed by atoms with van der Waals surface area (Å²) >= 11 is 0. The van der Waals surface area contributed by atoms with Gasteiger partial charge in [-0.2, -0.15) is 0 Å². The highest BCUT2D eigenvalue weighted by Gasteiger charge is 2.27. The van der Waals surface area contributed by atoms with Crippen LogP contribution in [0.25, 0.3) is 0 Å². The number of nitrogens with one attached hydrogen (secondary N) is 1. The van der Waals surface area contributed by atoms with Crippen molar-refractivity contribution in [3.8, 4) is 0 Å². The molecule has 14 heavy (non-hydrogen) atoms. The molecule has 2 N–H and O–H groups in total. The van der Waals surface area contributed by atoms with Crippen LogP contribution in [0.1, 0.15) is 38.5 Å². The van der Waals surface area contributed by atoms with Crippen LogP contribution in [0.4, 0.5) is 0 Å². The van der Waals surface area contributed by atoms with E-state index in [9.17, 15) is 5.11 Å². The van der Waals surface area contributed by atoms with Gasteiger partial charge < -0.3 is 10.4 Å². The van der Waals surface area contributed by atoms with Crippen LogP contribution in [-0.2, 0) is 0 Å². The Morgan fingerprint density at radius 2 is 2.14 bits per heavy atom. The molecule has 1 saturated carbocycles. The van der Waals surface area contributed by atoms with Crippen LogP contribution in [0.2, 0.25) is 0 Å². The maximum atomic E-state index is 9.21. The molecule has 0 spiro atoms. The molecule has 3 unspecified atom stereocenters. The van der Waals surface area contributed by atoms with Gasteiger partial charge in [0.05, 0.1) is 0 Å². The molecule has 0 aromatic rings. The standard InChI is InChI=1S/C12H21NO/c14-9-10-5-4-8-12(10)13-11-6-2-1-3-7-11/h2,6,10-14H,1,3-5,7-9H2. The van der Waals surface area contributed by atoms with Crippen molar-refractivity contribution in [3.63, 3.8) is 0 Å². The Balaban J connectivity index is 1.83. The van der Waals surface area contributed by atoms with Crippen molar-refractivity contribution in [1.29, 1.82) is 0 Å². The first kappa shape index (κ1) is 10.2. The normalized spacial score (nSPS) is 37.6. The number of hydrogen-bond acceptors (Lipinski definition) is 2. The lowest BCUT2D eigenvalue weighted by Gasteiger charge is -2.26. The lowest BCUT2D eigenvalue weighted by Crippen LogP contribution is -2.41.